The Bertz CT molecular complexity index is 619. The molecule has 2 saturated heterocycles. The number of rotatable bonds is 3. The Morgan fingerprint density at radius 2 is 2.07 bits per heavy atom. The number of carbonyl (C=O) groups is 3. The van der Waals surface area contributed by atoms with Gasteiger partial charge in [0.1, 0.15) is 5.60 Å². The molecule has 1 atom stereocenters. The molecule has 2 fully saturated rings. The van der Waals surface area contributed by atoms with Gasteiger partial charge >= 0.3 is 12.1 Å². The second-order valence-electron chi connectivity index (χ2n) is 7.57. The minimum atomic E-state index is -0.508. The number of carbonyl (C=O) groups excluding carboxylic acids is 3. The zero-order valence-electron chi connectivity index (χ0n) is 15.9. The highest BCUT2D eigenvalue weighted by Crippen LogP contribution is 2.18. The van der Waals surface area contributed by atoms with Gasteiger partial charge in [0, 0.05) is 32.7 Å². The number of hydrogen-bond acceptors (Lipinski definition) is 7. The summed E-state index contributed by atoms with van der Waals surface area (Å²) in [7, 11) is 0. The highest BCUT2D eigenvalue weighted by Gasteiger charge is 2.36. The van der Waals surface area contributed by atoms with Gasteiger partial charge in [0.15, 0.2) is 5.96 Å². The number of amides is 4. The van der Waals surface area contributed by atoms with Crippen LogP contribution in [0.3, 0.4) is 0 Å². The van der Waals surface area contributed by atoms with Gasteiger partial charge in [0.05, 0.1) is 19.1 Å². The Morgan fingerprint density at radius 3 is 2.70 bits per heavy atom. The van der Waals surface area contributed by atoms with Crippen molar-refractivity contribution in [3.05, 3.63) is 0 Å². The minimum absolute atomic E-state index is 0. The fourth-order valence-electron chi connectivity index (χ4n) is 3.18. The predicted molar refractivity (Wildman–Crippen MR) is 109 cm³/mol. The second kappa shape index (κ2) is 8.48. The molecule has 0 aromatic heterocycles. The summed E-state index contributed by atoms with van der Waals surface area (Å²) in [6, 6.07) is -0.232. The molecule has 3 rings (SSSR count). The number of guanidine groups is 1. The molecule has 0 aromatic carbocycles. The Labute approximate surface area is 175 Å². The molecule has 0 spiro atoms. The third kappa shape index (κ3) is 5.14. The number of ether oxygens (including phenoxy) is 1. The first kappa shape index (κ1) is 21.5. The number of nitrogens with zero attached hydrogens (tertiary/aromatic N) is 4. The van der Waals surface area contributed by atoms with Crippen LogP contribution in [0.2, 0.25) is 0 Å². The minimum Gasteiger partial charge on any atom is -0.444 e. The van der Waals surface area contributed by atoms with Crippen molar-refractivity contribution >= 4 is 48.0 Å². The van der Waals surface area contributed by atoms with Crippen molar-refractivity contribution in [2.75, 3.05) is 45.8 Å². The molecule has 1 unspecified atom stereocenters. The molecule has 152 valence electrons. The van der Waals surface area contributed by atoms with Crippen molar-refractivity contribution in [1.29, 1.82) is 0 Å². The number of hydrogen-bond donors (Lipinski definition) is 2. The second-order valence-corrected chi connectivity index (χ2v) is 7.57. The van der Waals surface area contributed by atoms with Gasteiger partial charge in [0.2, 0.25) is 5.91 Å². The van der Waals surface area contributed by atoms with E-state index in [1.807, 2.05) is 20.8 Å². The van der Waals surface area contributed by atoms with Crippen molar-refractivity contribution < 1.29 is 19.1 Å². The van der Waals surface area contributed by atoms with Crippen molar-refractivity contribution in [2.24, 2.45) is 4.99 Å². The molecule has 0 saturated carbocycles. The standard InChI is InChI=1S/C16H26N6O4.HI/c1-16(2,3)26-15(25)20-6-7-21-11(10-20)8-18-13(21)17-4-5-22-12(23)9-19-14(22)24;/h11H,4-10H2,1-3H3,(H,17,18)(H,19,24);1H. The number of piperazine rings is 1. The molecule has 4 amide bonds. The summed E-state index contributed by atoms with van der Waals surface area (Å²) >= 11 is 0. The van der Waals surface area contributed by atoms with E-state index in [2.05, 4.69) is 20.5 Å². The SMILES string of the molecule is CC(C)(C)OC(=O)N1CCN2C(NCCN3C(=O)CNC3=O)=NCC2C1.I. The van der Waals surface area contributed by atoms with E-state index in [1.54, 1.807) is 4.90 Å². The maximum absolute atomic E-state index is 12.2. The molecule has 0 radical (unpaired) electrons. The van der Waals surface area contributed by atoms with Gasteiger partial charge in [-0.05, 0) is 20.8 Å². The van der Waals surface area contributed by atoms with E-state index in [4.69, 9.17) is 4.74 Å². The maximum Gasteiger partial charge on any atom is 0.410 e. The molecular weight excluding hydrogens is 467 g/mol. The third-order valence-electron chi connectivity index (χ3n) is 4.41. The molecule has 0 aromatic rings. The quantitative estimate of drug-likeness (QED) is 0.424. The van der Waals surface area contributed by atoms with Crippen LogP contribution in [0.4, 0.5) is 9.59 Å². The van der Waals surface area contributed by atoms with Gasteiger partial charge < -0.3 is 25.2 Å². The monoisotopic (exact) mass is 494 g/mol. The number of halogens is 1. The molecule has 3 heterocycles. The topological polar surface area (TPSA) is 107 Å². The predicted octanol–water partition coefficient (Wildman–Crippen LogP) is 0.0367. The first-order valence-corrected chi connectivity index (χ1v) is 8.86. The van der Waals surface area contributed by atoms with Crippen LogP contribution in [0.5, 0.6) is 0 Å². The first-order chi connectivity index (χ1) is 12.2. The van der Waals surface area contributed by atoms with E-state index >= 15 is 0 Å². The molecule has 2 N–H and O–H groups in total. The first-order valence-electron chi connectivity index (χ1n) is 8.86. The highest BCUT2D eigenvalue weighted by atomic mass is 127. The molecule has 3 aliphatic rings. The summed E-state index contributed by atoms with van der Waals surface area (Å²) in [5.41, 5.74) is -0.508. The van der Waals surface area contributed by atoms with Crippen LogP contribution in [-0.4, -0.2) is 96.1 Å². The summed E-state index contributed by atoms with van der Waals surface area (Å²) in [6.07, 6.45) is -0.294. The van der Waals surface area contributed by atoms with E-state index < -0.39 is 5.60 Å². The van der Waals surface area contributed by atoms with Gasteiger partial charge in [-0.1, -0.05) is 0 Å². The lowest BCUT2D eigenvalue weighted by Gasteiger charge is -2.39. The van der Waals surface area contributed by atoms with Crippen LogP contribution in [0.1, 0.15) is 20.8 Å². The van der Waals surface area contributed by atoms with Crippen LogP contribution in [0.25, 0.3) is 0 Å². The summed E-state index contributed by atoms with van der Waals surface area (Å²) in [6.45, 7) is 8.77. The third-order valence-corrected chi connectivity index (χ3v) is 4.41. The highest BCUT2D eigenvalue weighted by molar-refractivity contribution is 14.0. The molecule has 10 nitrogen and oxygen atoms in total. The Hall–Kier alpha value is -1.79. The Morgan fingerprint density at radius 1 is 1.33 bits per heavy atom. The Kier molecular flexibility index (Phi) is 6.76. The van der Waals surface area contributed by atoms with Crippen molar-refractivity contribution in [3.8, 4) is 0 Å². The normalized spacial score (nSPS) is 22.1. The largest absolute Gasteiger partial charge is 0.444 e. The van der Waals surface area contributed by atoms with E-state index in [1.165, 1.54) is 4.90 Å². The van der Waals surface area contributed by atoms with Gasteiger partial charge in [-0.3, -0.25) is 14.7 Å². The zero-order valence-corrected chi connectivity index (χ0v) is 18.2. The average Bonchev–Trinajstić information content (AvgIpc) is 3.10. The van der Waals surface area contributed by atoms with Crippen molar-refractivity contribution in [1.82, 2.24) is 25.3 Å². The van der Waals surface area contributed by atoms with Gasteiger partial charge in [-0.2, -0.15) is 0 Å². The zero-order chi connectivity index (χ0) is 18.9. The van der Waals surface area contributed by atoms with Crippen LogP contribution in [0.15, 0.2) is 4.99 Å². The van der Waals surface area contributed by atoms with E-state index in [0.717, 1.165) is 5.96 Å². The van der Waals surface area contributed by atoms with Gasteiger partial charge in [-0.25, -0.2) is 9.59 Å². The fourth-order valence-corrected chi connectivity index (χ4v) is 3.18. The number of aliphatic imine (C=N–C) groups is 1. The lowest BCUT2D eigenvalue weighted by molar-refractivity contribution is -0.124. The maximum atomic E-state index is 12.2. The van der Waals surface area contributed by atoms with Crippen molar-refractivity contribution in [3.63, 3.8) is 0 Å². The van der Waals surface area contributed by atoms with Gasteiger partial charge in [0.25, 0.3) is 0 Å². The van der Waals surface area contributed by atoms with E-state index in [9.17, 15) is 14.4 Å². The molecule has 0 bridgehead atoms. The van der Waals surface area contributed by atoms with Crippen LogP contribution >= 0.6 is 24.0 Å². The lowest BCUT2D eigenvalue weighted by Crippen LogP contribution is -2.58. The molecule has 0 aliphatic carbocycles. The van der Waals surface area contributed by atoms with E-state index in [-0.39, 0.29) is 54.6 Å². The number of fused-ring (bicyclic) bond motifs is 1. The lowest BCUT2D eigenvalue weighted by atomic mass is 10.2. The molecule has 3 aliphatic heterocycles. The molecule has 27 heavy (non-hydrogen) atoms. The number of nitrogens with one attached hydrogen (secondary N) is 2. The summed E-state index contributed by atoms with van der Waals surface area (Å²) in [5, 5.41) is 5.69. The summed E-state index contributed by atoms with van der Waals surface area (Å²) in [4.78, 5) is 44.8. The smallest absolute Gasteiger partial charge is 0.410 e. The fraction of sp³-hybridized carbons (Fsp3) is 0.750. The summed E-state index contributed by atoms with van der Waals surface area (Å²) in [5.74, 6) is 0.542. The molecular formula is C16H27IN6O4. The Balaban J connectivity index is 0.00000261. The number of imide groups is 1. The van der Waals surface area contributed by atoms with Crippen molar-refractivity contribution in [2.45, 2.75) is 32.4 Å². The van der Waals surface area contributed by atoms with E-state index in [0.29, 0.717) is 39.3 Å². The van der Waals surface area contributed by atoms with Gasteiger partial charge in [-0.15, -0.1) is 24.0 Å². The average molecular weight is 494 g/mol. The van der Waals surface area contributed by atoms with Crippen LogP contribution < -0.4 is 10.6 Å². The summed E-state index contributed by atoms with van der Waals surface area (Å²) < 4.78 is 5.43. The van der Waals surface area contributed by atoms with Crippen LogP contribution in [0, 0.1) is 0 Å². The molecule has 11 heteroatoms. The van der Waals surface area contributed by atoms with Crippen LogP contribution in [-0.2, 0) is 9.53 Å². The number of urea groups is 1.